The van der Waals surface area contributed by atoms with Crippen LogP contribution in [0.15, 0.2) is 0 Å². The molecule has 5 nitrogen and oxygen atoms in total. The Morgan fingerprint density at radius 2 is 2.44 bits per heavy atom. The molecule has 2 rings (SSSR count). The van der Waals surface area contributed by atoms with E-state index in [1.165, 1.54) is 0 Å². The van der Waals surface area contributed by atoms with Gasteiger partial charge in [-0.05, 0) is 19.8 Å². The standard InChI is InChI=1S/C10H15ClN2O3/c1-7(11)8(14)13-4-2-3-10(6-13)5-12-9(15)16-10/h7H,2-6H2,1H3,(H,12,15). The molecule has 16 heavy (non-hydrogen) atoms. The van der Waals surface area contributed by atoms with Crippen molar-refractivity contribution in [3.63, 3.8) is 0 Å². The van der Waals surface area contributed by atoms with Gasteiger partial charge in [0.15, 0.2) is 0 Å². The third-order valence-corrected chi connectivity index (χ3v) is 3.24. The number of amides is 2. The Morgan fingerprint density at radius 1 is 1.69 bits per heavy atom. The normalized spacial score (nSPS) is 31.1. The molecule has 2 fully saturated rings. The fraction of sp³-hybridized carbons (Fsp3) is 0.800. The summed E-state index contributed by atoms with van der Waals surface area (Å²) in [6.45, 7) is 3.27. The SMILES string of the molecule is CC(Cl)C(=O)N1CCCC2(CNC(=O)O2)C1. The average molecular weight is 247 g/mol. The van der Waals surface area contributed by atoms with Crippen LogP contribution in [0.25, 0.3) is 0 Å². The maximum Gasteiger partial charge on any atom is 0.407 e. The zero-order valence-corrected chi connectivity index (χ0v) is 9.92. The van der Waals surface area contributed by atoms with E-state index in [0.29, 0.717) is 19.6 Å². The van der Waals surface area contributed by atoms with Crippen molar-refractivity contribution < 1.29 is 14.3 Å². The second kappa shape index (κ2) is 4.13. The van der Waals surface area contributed by atoms with E-state index in [0.717, 1.165) is 12.8 Å². The zero-order chi connectivity index (χ0) is 11.8. The Labute approximate surface area is 99.1 Å². The van der Waals surface area contributed by atoms with Crippen molar-refractivity contribution >= 4 is 23.6 Å². The summed E-state index contributed by atoms with van der Waals surface area (Å²) in [6.07, 6.45) is 1.24. The summed E-state index contributed by atoms with van der Waals surface area (Å²) in [5.74, 6) is -0.0938. The lowest BCUT2D eigenvalue weighted by Crippen LogP contribution is -2.53. The Kier molecular flexibility index (Phi) is 2.97. The minimum absolute atomic E-state index is 0.0938. The molecule has 2 unspecified atom stereocenters. The van der Waals surface area contributed by atoms with E-state index < -0.39 is 17.1 Å². The smallest absolute Gasteiger partial charge is 0.407 e. The first-order valence-corrected chi connectivity index (χ1v) is 5.86. The number of hydrogen-bond acceptors (Lipinski definition) is 3. The molecular weight excluding hydrogens is 232 g/mol. The van der Waals surface area contributed by atoms with Crippen LogP contribution >= 0.6 is 11.6 Å². The molecule has 0 saturated carbocycles. The molecule has 0 bridgehead atoms. The summed E-state index contributed by atoms with van der Waals surface area (Å²) in [5, 5.41) is 2.11. The lowest BCUT2D eigenvalue weighted by Gasteiger charge is -2.38. The van der Waals surface area contributed by atoms with Crippen LogP contribution in [0.4, 0.5) is 4.79 Å². The van der Waals surface area contributed by atoms with E-state index in [-0.39, 0.29) is 5.91 Å². The molecule has 1 N–H and O–H groups in total. The van der Waals surface area contributed by atoms with Gasteiger partial charge < -0.3 is 15.0 Å². The quantitative estimate of drug-likeness (QED) is 0.694. The second-order valence-electron chi connectivity index (χ2n) is 4.41. The Bertz CT molecular complexity index is 321. The van der Waals surface area contributed by atoms with Crippen molar-refractivity contribution in [1.82, 2.24) is 10.2 Å². The van der Waals surface area contributed by atoms with Gasteiger partial charge in [0, 0.05) is 6.54 Å². The predicted molar refractivity (Wildman–Crippen MR) is 58.3 cm³/mol. The molecule has 90 valence electrons. The van der Waals surface area contributed by atoms with Crippen LogP contribution in [0.3, 0.4) is 0 Å². The van der Waals surface area contributed by atoms with E-state index in [1.54, 1.807) is 11.8 Å². The van der Waals surface area contributed by atoms with Crippen LogP contribution in [-0.4, -0.2) is 47.5 Å². The maximum atomic E-state index is 11.8. The first kappa shape index (κ1) is 11.5. The second-order valence-corrected chi connectivity index (χ2v) is 5.06. The molecule has 1 spiro atoms. The van der Waals surface area contributed by atoms with Gasteiger partial charge in [-0.2, -0.15) is 0 Å². The summed E-state index contributed by atoms with van der Waals surface area (Å²) in [6, 6.07) is 0. The summed E-state index contributed by atoms with van der Waals surface area (Å²) in [4.78, 5) is 24.5. The first-order chi connectivity index (χ1) is 7.52. The molecule has 2 aliphatic heterocycles. The molecule has 2 heterocycles. The number of hydrogen-bond donors (Lipinski definition) is 1. The molecule has 6 heteroatoms. The van der Waals surface area contributed by atoms with Crippen molar-refractivity contribution in [2.75, 3.05) is 19.6 Å². The molecule has 0 radical (unpaired) electrons. The van der Waals surface area contributed by atoms with Gasteiger partial charge >= 0.3 is 6.09 Å². The minimum atomic E-state index is -0.531. The number of likely N-dealkylation sites (tertiary alicyclic amines) is 1. The zero-order valence-electron chi connectivity index (χ0n) is 9.16. The summed E-state index contributed by atoms with van der Waals surface area (Å²) in [7, 11) is 0. The van der Waals surface area contributed by atoms with Crippen molar-refractivity contribution in [3.05, 3.63) is 0 Å². The molecule has 0 aromatic carbocycles. The molecule has 0 aliphatic carbocycles. The Balaban J connectivity index is 2.04. The first-order valence-electron chi connectivity index (χ1n) is 5.42. The van der Waals surface area contributed by atoms with E-state index in [4.69, 9.17) is 16.3 Å². The maximum absolute atomic E-state index is 11.8. The number of carbonyl (C=O) groups is 2. The number of rotatable bonds is 1. The molecule has 2 amide bonds. The highest BCUT2D eigenvalue weighted by atomic mass is 35.5. The van der Waals surface area contributed by atoms with E-state index >= 15 is 0 Å². The van der Waals surface area contributed by atoms with Crippen LogP contribution < -0.4 is 5.32 Å². The van der Waals surface area contributed by atoms with Crippen LogP contribution in [-0.2, 0) is 9.53 Å². The number of nitrogens with one attached hydrogen (secondary N) is 1. The van der Waals surface area contributed by atoms with Crippen molar-refractivity contribution in [2.45, 2.75) is 30.7 Å². The molecule has 2 aliphatic rings. The number of alkyl carbamates (subject to hydrolysis) is 1. The third kappa shape index (κ3) is 2.09. The number of nitrogens with zero attached hydrogens (tertiary/aromatic N) is 1. The van der Waals surface area contributed by atoms with Crippen LogP contribution in [0, 0.1) is 0 Å². The number of ether oxygens (including phenoxy) is 1. The molecule has 2 saturated heterocycles. The lowest BCUT2D eigenvalue weighted by atomic mass is 9.93. The molecule has 0 aromatic heterocycles. The van der Waals surface area contributed by atoms with Crippen molar-refractivity contribution in [2.24, 2.45) is 0 Å². The van der Waals surface area contributed by atoms with Gasteiger partial charge in [0.25, 0.3) is 0 Å². The number of halogens is 1. The van der Waals surface area contributed by atoms with Crippen LogP contribution in [0.5, 0.6) is 0 Å². The average Bonchev–Trinajstić information content (AvgIpc) is 2.58. The highest BCUT2D eigenvalue weighted by Gasteiger charge is 2.45. The Hall–Kier alpha value is -0.970. The van der Waals surface area contributed by atoms with Gasteiger partial charge in [-0.25, -0.2) is 4.79 Å². The lowest BCUT2D eigenvalue weighted by molar-refractivity contribution is -0.136. The van der Waals surface area contributed by atoms with Gasteiger partial charge in [-0.1, -0.05) is 0 Å². The van der Waals surface area contributed by atoms with Gasteiger partial charge in [0.2, 0.25) is 5.91 Å². The molecule has 2 atom stereocenters. The van der Waals surface area contributed by atoms with E-state index in [2.05, 4.69) is 5.32 Å². The molecule has 0 aromatic rings. The topological polar surface area (TPSA) is 58.6 Å². The number of piperidine rings is 1. The number of alkyl halides is 1. The fourth-order valence-electron chi connectivity index (χ4n) is 2.27. The van der Waals surface area contributed by atoms with Gasteiger partial charge in [-0.15, -0.1) is 11.6 Å². The van der Waals surface area contributed by atoms with Crippen molar-refractivity contribution in [3.8, 4) is 0 Å². The highest BCUT2D eigenvalue weighted by Crippen LogP contribution is 2.28. The summed E-state index contributed by atoms with van der Waals surface area (Å²) in [5.41, 5.74) is -0.531. The van der Waals surface area contributed by atoms with E-state index in [9.17, 15) is 9.59 Å². The van der Waals surface area contributed by atoms with Gasteiger partial charge in [-0.3, -0.25) is 4.79 Å². The van der Waals surface area contributed by atoms with Crippen LogP contribution in [0.1, 0.15) is 19.8 Å². The summed E-state index contributed by atoms with van der Waals surface area (Å²) < 4.78 is 5.26. The monoisotopic (exact) mass is 246 g/mol. The van der Waals surface area contributed by atoms with Gasteiger partial charge in [0.05, 0.1) is 13.1 Å². The fourth-order valence-corrected chi connectivity index (χ4v) is 2.41. The van der Waals surface area contributed by atoms with Gasteiger partial charge in [0.1, 0.15) is 11.0 Å². The minimum Gasteiger partial charge on any atom is -0.439 e. The summed E-state index contributed by atoms with van der Waals surface area (Å²) >= 11 is 5.77. The van der Waals surface area contributed by atoms with E-state index in [1.807, 2.05) is 0 Å². The Morgan fingerprint density at radius 3 is 3.00 bits per heavy atom. The number of carbonyl (C=O) groups excluding carboxylic acids is 2. The predicted octanol–water partition coefficient (Wildman–Crippen LogP) is 0.715. The molecular formula is C10H15ClN2O3. The van der Waals surface area contributed by atoms with Crippen LogP contribution in [0.2, 0.25) is 0 Å². The highest BCUT2D eigenvalue weighted by molar-refractivity contribution is 6.30. The van der Waals surface area contributed by atoms with Crippen molar-refractivity contribution in [1.29, 1.82) is 0 Å². The largest absolute Gasteiger partial charge is 0.439 e. The third-order valence-electron chi connectivity index (χ3n) is 3.06.